The Labute approximate surface area is 172 Å². The number of carbonyl (C=O) groups is 2. The van der Waals surface area contributed by atoms with E-state index in [-0.39, 0.29) is 11.8 Å². The second-order valence-electron chi connectivity index (χ2n) is 6.81. The van der Waals surface area contributed by atoms with E-state index in [2.05, 4.69) is 12.2 Å². The summed E-state index contributed by atoms with van der Waals surface area (Å²) in [6.45, 7) is 4.91. The largest absolute Gasteiger partial charge is 0.354 e. The normalized spacial score (nSPS) is 11.7. The molecule has 0 bridgehead atoms. The minimum absolute atomic E-state index is 0.0625. The van der Waals surface area contributed by atoms with Crippen LogP contribution in [0.1, 0.15) is 56.7 Å². The molecule has 0 saturated carbocycles. The summed E-state index contributed by atoms with van der Waals surface area (Å²) < 4.78 is 0. The molecule has 0 radical (unpaired) electrons. The minimum Gasteiger partial charge on any atom is -0.354 e. The van der Waals surface area contributed by atoms with Crippen molar-refractivity contribution in [3.63, 3.8) is 0 Å². The molecular formula is C23H29ClN2O2. The Morgan fingerprint density at radius 2 is 1.68 bits per heavy atom. The standard InChI is InChI=1S/C23H29ClN2O2/c1-3-5-9-16-25-23(28)22(19-10-7-6-8-11-19)26(21(27)4-2)17-18-12-14-20(24)15-13-18/h6-8,10-15,22H,3-5,9,16-17H2,1-2H3,(H,25,28). The highest BCUT2D eigenvalue weighted by Gasteiger charge is 2.30. The van der Waals surface area contributed by atoms with Crippen molar-refractivity contribution >= 4 is 23.4 Å². The van der Waals surface area contributed by atoms with E-state index in [1.807, 2.05) is 49.4 Å². The molecular weight excluding hydrogens is 372 g/mol. The van der Waals surface area contributed by atoms with Crippen molar-refractivity contribution in [1.29, 1.82) is 0 Å². The lowest BCUT2D eigenvalue weighted by Gasteiger charge is -2.31. The van der Waals surface area contributed by atoms with Gasteiger partial charge in [0.1, 0.15) is 6.04 Å². The zero-order chi connectivity index (χ0) is 20.4. The van der Waals surface area contributed by atoms with E-state index in [1.54, 1.807) is 17.0 Å². The second-order valence-corrected chi connectivity index (χ2v) is 7.25. The van der Waals surface area contributed by atoms with Crippen LogP contribution in [0.5, 0.6) is 0 Å². The Morgan fingerprint density at radius 3 is 2.29 bits per heavy atom. The number of benzene rings is 2. The Morgan fingerprint density at radius 1 is 1.00 bits per heavy atom. The molecule has 0 aliphatic carbocycles. The Kier molecular flexibility index (Phi) is 9.02. The van der Waals surface area contributed by atoms with E-state index >= 15 is 0 Å². The first-order valence-electron chi connectivity index (χ1n) is 9.93. The van der Waals surface area contributed by atoms with Crippen molar-refractivity contribution in [2.24, 2.45) is 0 Å². The molecule has 2 aromatic carbocycles. The van der Waals surface area contributed by atoms with Gasteiger partial charge in [-0.15, -0.1) is 0 Å². The maximum Gasteiger partial charge on any atom is 0.247 e. The van der Waals surface area contributed by atoms with E-state index < -0.39 is 6.04 Å². The van der Waals surface area contributed by atoms with E-state index in [4.69, 9.17) is 11.6 Å². The highest BCUT2D eigenvalue weighted by atomic mass is 35.5. The molecule has 1 atom stereocenters. The predicted octanol–water partition coefficient (Wildman–Crippen LogP) is 5.13. The van der Waals surface area contributed by atoms with Gasteiger partial charge in [-0.05, 0) is 29.7 Å². The van der Waals surface area contributed by atoms with Crippen LogP contribution in [0.3, 0.4) is 0 Å². The first-order chi connectivity index (χ1) is 13.6. The minimum atomic E-state index is -0.661. The molecule has 4 nitrogen and oxygen atoms in total. The fourth-order valence-electron chi connectivity index (χ4n) is 3.10. The molecule has 0 saturated heterocycles. The van der Waals surface area contributed by atoms with Gasteiger partial charge in [-0.25, -0.2) is 0 Å². The van der Waals surface area contributed by atoms with Crippen LogP contribution in [0.2, 0.25) is 5.02 Å². The smallest absolute Gasteiger partial charge is 0.247 e. The summed E-state index contributed by atoms with van der Waals surface area (Å²) >= 11 is 5.99. The van der Waals surface area contributed by atoms with Gasteiger partial charge in [-0.1, -0.05) is 80.8 Å². The van der Waals surface area contributed by atoms with Crippen molar-refractivity contribution in [1.82, 2.24) is 10.2 Å². The van der Waals surface area contributed by atoms with Gasteiger partial charge >= 0.3 is 0 Å². The van der Waals surface area contributed by atoms with Crippen molar-refractivity contribution in [2.45, 2.75) is 52.1 Å². The van der Waals surface area contributed by atoms with E-state index in [0.717, 1.165) is 30.4 Å². The number of halogens is 1. The first-order valence-corrected chi connectivity index (χ1v) is 10.3. The lowest BCUT2D eigenvalue weighted by molar-refractivity contribution is -0.141. The van der Waals surface area contributed by atoms with E-state index in [1.165, 1.54) is 0 Å². The maximum absolute atomic E-state index is 13.1. The molecule has 150 valence electrons. The fourth-order valence-corrected chi connectivity index (χ4v) is 3.23. The van der Waals surface area contributed by atoms with Crippen LogP contribution in [-0.4, -0.2) is 23.3 Å². The second kappa shape index (κ2) is 11.5. The molecule has 0 heterocycles. The monoisotopic (exact) mass is 400 g/mol. The first kappa shape index (κ1) is 22.0. The number of amides is 2. The number of hydrogen-bond donors (Lipinski definition) is 1. The molecule has 1 unspecified atom stereocenters. The van der Waals surface area contributed by atoms with Gasteiger partial charge in [0.25, 0.3) is 0 Å². The molecule has 0 aromatic heterocycles. The van der Waals surface area contributed by atoms with Crippen molar-refractivity contribution in [2.75, 3.05) is 6.54 Å². The van der Waals surface area contributed by atoms with Crippen LogP contribution < -0.4 is 5.32 Å². The topological polar surface area (TPSA) is 49.4 Å². The lowest BCUT2D eigenvalue weighted by atomic mass is 10.0. The third kappa shape index (κ3) is 6.38. The summed E-state index contributed by atoms with van der Waals surface area (Å²) in [5.74, 6) is -0.203. The van der Waals surface area contributed by atoms with Gasteiger partial charge in [-0.2, -0.15) is 0 Å². The predicted molar refractivity (Wildman–Crippen MR) is 114 cm³/mol. The maximum atomic E-state index is 13.1. The van der Waals surface area contributed by atoms with Crippen molar-refractivity contribution in [3.05, 3.63) is 70.7 Å². The van der Waals surface area contributed by atoms with Crippen LogP contribution >= 0.6 is 11.6 Å². The average molecular weight is 401 g/mol. The lowest BCUT2D eigenvalue weighted by Crippen LogP contribution is -2.43. The number of rotatable bonds is 10. The molecule has 2 amide bonds. The molecule has 0 aliphatic heterocycles. The quantitative estimate of drug-likeness (QED) is 0.562. The van der Waals surface area contributed by atoms with Crippen LogP contribution in [-0.2, 0) is 16.1 Å². The van der Waals surface area contributed by atoms with Gasteiger partial charge in [-0.3, -0.25) is 9.59 Å². The van der Waals surface area contributed by atoms with Gasteiger partial charge in [0.2, 0.25) is 11.8 Å². The number of unbranched alkanes of at least 4 members (excludes halogenated alkanes) is 2. The number of carbonyl (C=O) groups excluding carboxylic acids is 2. The number of nitrogens with one attached hydrogen (secondary N) is 1. The SMILES string of the molecule is CCCCCNC(=O)C(c1ccccc1)N(Cc1ccc(Cl)cc1)C(=O)CC. The molecule has 28 heavy (non-hydrogen) atoms. The molecule has 1 N–H and O–H groups in total. The van der Waals surface area contributed by atoms with Gasteiger partial charge in [0, 0.05) is 24.5 Å². The van der Waals surface area contributed by atoms with Crippen molar-refractivity contribution < 1.29 is 9.59 Å². The van der Waals surface area contributed by atoms with Crippen LogP contribution in [0, 0.1) is 0 Å². The Balaban J connectivity index is 2.30. The summed E-state index contributed by atoms with van der Waals surface area (Å²) in [4.78, 5) is 27.5. The number of nitrogens with zero attached hydrogens (tertiary/aromatic N) is 1. The molecule has 0 fully saturated rings. The van der Waals surface area contributed by atoms with Gasteiger partial charge in [0.05, 0.1) is 0 Å². The average Bonchev–Trinajstić information content (AvgIpc) is 2.72. The van der Waals surface area contributed by atoms with Gasteiger partial charge < -0.3 is 10.2 Å². The van der Waals surface area contributed by atoms with E-state index in [9.17, 15) is 9.59 Å². The molecule has 0 aliphatic rings. The zero-order valence-corrected chi connectivity index (χ0v) is 17.4. The zero-order valence-electron chi connectivity index (χ0n) is 16.7. The third-order valence-corrected chi connectivity index (χ3v) is 4.90. The molecule has 0 spiro atoms. The summed E-state index contributed by atoms with van der Waals surface area (Å²) in [6, 6.07) is 16.2. The van der Waals surface area contributed by atoms with Crippen LogP contribution in [0.4, 0.5) is 0 Å². The summed E-state index contributed by atoms with van der Waals surface area (Å²) in [7, 11) is 0. The highest BCUT2D eigenvalue weighted by molar-refractivity contribution is 6.30. The Bertz CT molecular complexity index is 747. The summed E-state index contributed by atoms with van der Waals surface area (Å²) in [6.07, 6.45) is 3.43. The summed E-state index contributed by atoms with van der Waals surface area (Å²) in [5, 5.41) is 3.66. The highest BCUT2D eigenvalue weighted by Crippen LogP contribution is 2.25. The van der Waals surface area contributed by atoms with Crippen LogP contribution in [0.15, 0.2) is 54.6 Å². The van der Waals surface area contributed by atoms with Gasteiger partial charge in [0.15, 0.2) is 0 Å². The Hall–Kier alpha value is -2.33. The number of hydrogen-bond acceptors (Lipinski definition) is 2. The van der Waals surface area contributed by atoms with Crippen molar-refractivity contribution in [3.8, 4) is 0 Å². The summed E-state index contributed by atoms with van der Waals surface area (Å²) in [5.41, 5.74) is 1.75. The molecule has 5 heteroatoms. The third-order valence-electron chi connectivity index (χ3n) is 4.64. The van der Waals surface area contributed by atoms with E-state index in [0.29, 0.717) is 24.5 Å². The molecule has 2 aromatic rings. The fraction of sp³-hybridized carbons (Fsp3) is 0.391. The van der Waals surface area contributed by atoms with Crippen LogP contribution in [0.25, 0.3) is 0 Å². The molecule has 2 rings (SSSR count).